The van der Waals surface area contributed by atoms with Crippen LogP contribution in [0.25, 0.3) is 6.08 Å². The number of hydrogen-bond donors (Lipinski definition) is 1. The van der Waals surface area contributed by atoms with Gasteiger partial charge in [-0.25, -0.2) is 4.79 Å². The third-order valence-corrected chi connectivity index (χ3v) is 2.65. The minimum atomic E-state index is -4.31. The Morgan fingerprint density at radius 1 is 1.24 bits per heavy atom. The quantitative estimate of drug-likeness (QED) is 0.851. The molecule has 0 aliphatic heterocycles. The van der Waals surface area contributed by atoms with Crippen LogP contribution in [0.1, 0.15) is 22.3 Å². The minimum absolute atomic E-state index is 0.243. The number of nitrogens with zero attached hydrogens (tertiary/aromatic N) is 1. The first-order valence-electron chi connectivity index (χ1n) is 6.02. The molecule has 7 heteroatoms. The van der Waals surface area contributed by atoms with E-state index in [9.17, 15) is 22.8 Å². The van der Waals surface area contributed by atoms with Crippen LogP contribution >= 0.6 is 0 Å². The summed E-state index contributed by atoms with van der Waals surface area (Å²) in [6.07, 6.45) is -3.06. The molecule has 0 aliphatic rings. The van der Waals surface area contributed by atoms with Crippen molar-refractivity contribution in [2.45, 2.75) is 12.6 Å². The second-order valence-electron chi connectivity index (χ2n) is 4.39. The van der Waals surface area contributed by atoms with Crippen LogP contribution in [0, 0.1) is 0 Å². The third-order valence-electron chi connectivity index (χ3n) is 2.65. The number of halogens is 3. The Morgan fingerprint density at radius 2 is 1.81 bits per heavy atom. The maximum atomic E-state index is 12.1. The van der Waals surface area contributed by atoms with Gasteiger partial charge in [0.15, 0.2) is 0 Å². The van der Waals surface area contributed by atoms with Gasteiger partial charge in [0, 0.05) is 25.2 Å². The average Bonchev–Trinajstić information content (AvgIpc) is 2.41. The Kier molecular flexibility index (Phi) is 5.52. The van der Waals surface area contributed by atoms with Gasteiger partial charge in [-0.15, -0.1) is 0 Å². The summed E-state index contributed by atoms with van der Waals surface area (Å²) in [7, 11) is 1.30. The first kappa shape index (κ1) is 16.7. The molecule has 0 fully saturated rings. The lowest BCUT2D eigenvalue weighted by Gasteiger charge is -2.18. The van der Waals surface area contributed by atoms with Gasteiger partial charge in [0.1, 0.15) is 0 Å². The number of carbonyl (C=O) groups excluding carboxylic acids is 1. The van der Waals surface area contributed by atoms with Crippen molar-refractivity contribution < 1.29 is 27.9 Å². The third kappa shape index (κ3) is 6.11. The monoisotopic (exact) mass is 301 g/mol. The normalized spacial score (nSPS) is 11.6. The van der Waals surface area contributed by atoms with E-state index in [-0.39, 0.29) is 5.56 Å². The lowest BCUT2D eigenvalue weighted by molar-refractivity contribution is -0.136. The number of carboxylic acid groups (broad SMARTS) is 1. The van der Waals surface area contributed by atoms with Crippen molar-refractivity contribution in [2.24, 2.45) is 0 Å². The van der Waals surface area contributed by atoms with Crippen LogP contribution in [-0.2, 0) is 4.79 Å². The predicted octanol–water partition coefficient (Wildman–Crippen LogP) is 2.81. The highest BCUT2D eigenvalue weighted by atomic mass is 19.4. The van der Waals surface area contributed by atoms with Gasteiger partial charge in [0.25, 0.3) is 5.91 Å². The van der Waals surface area contributed by atoms with Gasteiger partial charge in [0.05, 0.1) is 6.42 Å². The van der Waals surface area contributed by atoms with Gasteiger partial charge in [-0.2, -0.15) is 13.2 Å². The molecule has 4 nitrogen and oxygen atoms in total. The Bertz CT molecular complexity index is 535. The van der Waals surface area contributed by atoms with Crippen LogP contribution in [0.2, 0.25) is 0 Å². The Hall–Kier alpha value is -2.31. The van der Waals surface area contributed by atoms with E-state index in [2.05, 4.69) is 0 Å². The van der Waals surface area contributed by atoms with Gasteiger partial charge in [-0.3, -0.25) is 4.79 Å². The van der Waals surface area contributed by atoms with Crippen molar-refractivity contribution in [1.29, 1.82) is 0 Å². The molecular weight excluding hydrogens is 287 g/mol. The molecule has 21 heavy (non-hydrogen) atoms. The highest BCUT2D eigenvalue weighted by molar-refractivity contribution is 5.94. The van der Waals surface area contributed by atoms with E-state index in [1.807, 2.05) is 0 Å². The van der Waals surface area contributed by atoms with Gasteiger partial charge < -0.3 is 10.0 Å². The van der Waals surface area contributed by atoms with Gasteiger partial charge in [0.2, 0.25) is 0 Å². The molecule has 0 unspecified atom stereocenters. The summed E-state index contributed by atoms with van der Waals surface area (Å²) >= 11 is 0. The molecule has 0 atom stereocenters. The highest BCUT2D eigenvalue weighted by Crippen LogP contribution is 2.20. The maximum Gasteiger partial charge on any atom is 0.390 e. The lowest BCUT2D eigenvalue weighted by Crippen LogP contribution is -2.30. The standard InChI is InChI=1S/C14H14F3NO3/c1-18(9-8-14(15,16)17)13(21)11-5-2-10(3-6-11)4-7-12(19)20/h2-7H,8-9H2,1H3,(H,19,20). The minimum Gasteiger partial charge on any atom is -0.478 e. The van der Waals surface area contributed by atoms with E-state index in [1.165, 1.54) is 37.4 Å². The predicted molar refractivity (Wildman–Crippen MR) is 70.7 cm³/mol. The molecule has 1 rings (SSSR count). The molecule has 0 saturated heterocycles. The second-order valence-corrected chi connectivity index (χ2v) is 4.39. The fourth-order valence-corrected chi connectivity index (χ4v) is 1.52. The number of amides is 1. The molecule has 1 amide bonds. The molecule has 0 aromatic heterocycles. The fraction of sp³-hybridized carbons (Fsp3) is 0.286. The number of carbonyl (C=O) groups is 2. The Balaban J connectivity index is 2.68. The molecule has 0 spiro atoms. The van der Waals surface area contributed by atoms with Crippen LogP contribution in [0.4, 0.5) is 13.2 Å². The molecule has 1 aromatic rings. The van der Waals surface area contributed by atoms with Crippen LogP contribution in [-0.4, -0.2) is 41.7 Å². The highest BCUT2D eigenvalue weighted by Gasteiger charge is 2.28. The van der Waals surface area contributed by atoms with Crippen LogP contribution in [0.3, 0.4) is 0 Å². The van der Waals surface area contributed by atoms with Crippen LogP contribution in [0.15, 0.2) is 30.3 Å². The van der Waals surface area contributed by atoms with Crippen molar-refractivity contribution in [2.75, 3.05) is 13.6 Å². The number of hydrogen-bond acceptors (Lipinski definition) is 2. The van der Waals surface area contributed by atoms with Crippen molar-refractivity contribution >= 4 is 18.0 Å². The molecule has 0 saturated carbocycles. The smallest absolute Gasteiger partial charge is 0.390 e. The molecule has 0 heterocycles. The Morgan fingerprint density at radius 3 is 2.29 bits per heavy atom. The summed E-state index contributed by atoms with van der Waals surface area (Å²) in [5.41, 5.74) is 0.819. The number of alkyl halides is 3. The summed E-state index contributed by atoms with van der Waals surface area (Å²) in [5.74, 6) is -1.62. The van der Waals surface area contributed by atoms with E-state index < -0.39 is 31.0 Å². The Labute approximate surface area is 119 Å². The SMILES string of the molecule is CN(CCC(F)(F)F)C(=O)c1ccc(C=CC(=O)O)cc1. The number of aliphatic carboxylic acids is 1. The van der Waals surface area contributed by atoms with E-state index in [4.69, 9.17) is 5.11 Å². The second kappa shape index (κ2) is 6.92. The fourth-order valence-electron chi connectivity index (χ4n) is 1.52. The first-order valence-corrected chi connectivity index (χ1v) is 6.02. The molecule has 0 bridgehead atoms. The summed E-state index contributed by atoms with van der Waals surface area (Å²) < 4.78 is 36.3. The zero-order valence-electron chi connectivity index (χ0n) is 11.2. The van der Waals surface area contributed by atoms with Crippen molar-refractivity contribution in [3.05, 3.63) is 41.5 Å². The van der Waals surface area contributed by atoms with E-state index in [0.29, 0.717) is 5.56 Å². The lowest BCUT2D eigenvalue weighted by atomic mass is 10.1. The number of benzene rings is 1. The van der Waals surface area contributed by atoms with Crippen molar-refractivity contribution in [3.63, 3.8) is 0 Å². The van der Waals surface area contributed by atoms with E-state index >= 15 is 0 Å². The molecule has 114 valence electrons. The number of rotatable bonds is 5. The van der Waals surface area contributed by atoms with Gasteiger partial charge in [-0.1, -0.05) is 12.1 Å². The maximum absolute atomic E-state index is 12.1. The largest absolute Gasteiger partial charge is 0.478 e. The zero-order chi connectivity index (χ0) is 16.0. The van der Waals surface area contributed by atoms with Gasteiger partial charge >= 0.3 is 12.1 Å². The van der Waals surface area contributed by atoms with E-state index in [0.717, 1.165) is 11.0 Å². The molecule has 0 aliphatic carbocycles. The van der Waals surface area contributed by atoms with E-state index in [1.54, 1.807) is 0 Å². The summed E-state index contributed by atoms with van der Waals surface area (Å²) in [6.45, 7) is -0.414. The van der Waals surface area contributed by atoms with Gasteiger partial charge in [-0.05, 0) is 23.8 Å². The average molecular weight is 301 g/mol. The van der Waals surface area contributed by atoms with Crippen LogP contribution in [0.5, 0.6) is 0 Å². The molecule has 1 N–H and O–H groups in total. The summed E-state index contributed by atoms with van der Waals surface area (Å²) in [5, 5.41) is 8.48. The first-order chi connectivity index (χ1) is 9.69. The molecule has 1 aromatic carbocycles. The zero-order valence-corrected chi connectivity index (χ0v) is 11.2. The topological polar surface area (TPSA) is 57.6 Å². The number of carboxylic acids is 1. The summed E-state index contributed by atoms with van der Waals surface area (Å²) in [4.78, 5) is 23.2. The van der Waals surface area contributed by atoms with Crippen LogP contribution < -0.4 is 0 Å². The molecular formula is C14H14F3NO3. The van der Waals surface area contributed by atoms with Crippen molar-refractivity contribution in [3.8, 4) is 0 Å². The summed E-state index contributed by atoms with van der Waals surface area (Å²) in [6, 6.07) is 5.91. The van der Waals surface area contributed by atoms with Crippen molar-refractivity contribution in [1.82, 2.24) is 4.90 Å². The molecule has 0 radical (unpaired) electrons.